The van der Waals surface area contributed by atoms with Crippen molar-refractivity contribution in [2.45, 2.75) is 32.4 Å². The van der Waals surface area contributed by atoms with Gasteiger partial charge in [0.05, 0.1) is 12.8 Å². The van der Waals surface area contributed by atoms with E-state index < -0.39 is 0 Å². The minimum Gasteiger partial charge on any atom is -0.467 e. The Kier molecular flexibility index (Phi) is 6.67. The lowest BCUT2D eigenvalue weighted by Crippen LogP contribution is -2.36. The third kappa shape index (κ3) is 5.54. The van der Waals surface area contributed by atoms with Gasteiger partial charge in [0.25, 0.3) is 5.91 Å². The summed E-state index contributed by atoms with van der Waals surface area (Å²) in [7, 11) is 0. The molecule has 1 aliphatic heterocycles. The minimum absolute atomic E-state index is 0.0209. The fourth-order valence-corrected chi connectivity index (χ4v) is 3.81. The number of amides is 3. The number of rotatable bonds is 6. The van der Waals surface area contributed by atoms with Crippen LogP contribution in [0.3, 0.4) is 0 Å². The zero-order valence-electron chi connectivity index (χ0n) is 17.5. The van der Waals surface area contributed by atoms with Crippen molar-refractivity contribution in [1.82, 2.24) is 9.80 Å². The van der Waals surface area contributed by atoms with Gasteiger partial charge in [0.1, 0.15) is 5.76 Å². The Morgan fingerprint density at radius 2 is 1.71 bits per heavy atom. The van der Waals surface area contributed by atoms with Crippen molar-refractivity contribution >= 4 is 17.6 Å². The molecule has 0 unspecified atom stereocenters. The molecule has 4 rings (SSSR count). The molecule has 0 aliphatic carbocycles. The number of hydrogen-bond acceptors (Lipinski definition) is 3. The fourth-order valence-electron chi connectivity index (χ4n) is 3.81. The first-order chi connectivity index (χ1) is 15.2. The average molecular weight is 418 g/mol. The quantitative estimate of drug-likeness (QED) is 0.604. The Balaban J connectivity index is 1.47. The van der Waals surface area contributed by atoms with Crippen LogP contribution in [-0.2, 0) is 13.1 Å². The molecule has 2 heterocycles. The zero-order valence-corrected chi connectivity index (χ0v) is 17.5. The van der Waals surface area contributed by atoms with Crippen LogP contribution in [-0.4, -0.2) is 34.8 Å². The first-order valence-corrected chi connectivity index (χ1v) is 10.7. The Bertz CT molecular complexity index is 996. The van der Waals surface area contributed by atoms with Gasteiger partial charge in [-0.3, -0.25) is 4.79 Å². The van der Waals surface area contributed by atoms with Gasteiger partial charge in [0.15, 0.2) is 0 Å². The number of furan rings is 1. The number of benzene rings is 2. The van der Waals surface area contributed by atoms with Gasteiger partial charge in [0.2, 0.25) is 0 Å². The summed E-state index contributed by atoms with van der Waals surface area (Å²) in [5.41, 5.74) is 2.23. The van der Waals surface area contributed by atoms with E-state index in [9.17, 15) is 9.59 Å². The summed E-state index contributed by atoms with van der Waals surface area (Å²) in [5.74, 6) is 0.729. The summed E-state index contributed by atoms with van der Waals surface area (Å²) in [6.07, 6.45) is 4.86. The molecule has 6 heteroatoms. The second kappa shape index (κ2) is 9.98. The molecule has 160 valence electrons. The SMILES string of the molecule is O=C(Nc1cccc(C(=O)N2CCCCC2)c1)N(Cc1ccccc1)Cc1ccco1. The standard InChI is InChI=1S/C25H27N3O3/c29-24(27-14-5-2-6-15-27)21-11-7-12-22(17-21)26-25(30)28(19-23-13-8-16-31-23)18-20-9-3-1-4-10-20/h1,3-4,7-13,16-17H,2,5-6,14-15,18-19H2,(H,26,30). The molecule has 0 saturated carbocycles. The molecule has 0 spiro atoms. The smallest absolute Gasteiger partial charge is 0.322 e. The van der Waals surface area contributed by atoms with Crippen LogP contribution < -0.4 is 5.32 Å². The molecule has 6 nitrogen and oxygen atoms in total. The van der Waals surface area contributed by atoms with Crippen LogP contribution in [0.2, 0.25) is 0 Å². The second-order valence-electron chi connectivity index (χ2n) is 7.78. The lowest BCUT2D eigenvalue weighted by atomic mass is 10.1. The molecule has 2 aromatic carbocycles. The summed E-state index contributed by atoms with van der Waals surface area (Å²) in [4.78, 5) is 29.5. The van der Waals surface area contributed by atoms with Gasteiger partial charge in [-0.05, 0) is 55.2 Å². The van der Waals surface area contributed by atoms with Crippen LogP contribution in [0.1, 0.15) is 40.9 Å². The monoisotopic (exact) mass is 417 g/mol. The third-order valence-corrected chi connectivity index (χ3v) is 5.43. The number of anilines is 1. The van der Waals surface area contributed by atoms with Crippen LogP contribution in [0.4, 0.5) is 10.5 Å². The van der Waals surface area contributed by atoms with Crippen LogP contribution in [0.5, 0.6) is 0 Å². The van der Waals surface area contributed by atoms with E-state index in [2.05, 4.69) is 5.32 Å². The number of likely N-dealkylation sites (tertiary alicyclic amines) is 1. The molecule has 1 aliphatic rings. The third-order valence-electron chi connectivity index (χ3n) is 5.43. The van der Waals surface area contributed by atoms with E-state index in [4.69, 9.17) is 4.42 Å². The van der Waals surface area contributed by atoms with Crippen molar-refractivity contribution in [2.75, 3.05) is 18.4 Å². The Hall–Kier alpha value is -3.54. The van der Waals surface area contributed by atoms with E-state index in [1.54, 1.807) is 35.4 Å². The number of carbonyl (C=O) groups is 2. The molecule has 0 radical (unpaired) electrons. The topological polar surface area (TPSA) is 65.8 Å². The summed E-state index contributed by atoms with van der Waals surface area (Å²) in [5, 5.41) is 2.95. The minimum atomic E-state index is -0.247. The van der Waals surface area contributed by atoms with Gasteiger partial charge < -0.3 is 19.5 Å². The van der Waals surface area contributed by atoms with E-state index in [0.717, 1.165) is 31.5 Å². The maximum absolute atomic E-state index is 13.1. The predicted octanol–water partition coefficient (Wildman–Crippen LogP) is 5.14. The molecular weight excluding hydrogens is 390 g/mol. The second-order valence-corrected chi connectivity index (χ2v) is 7.78. The van der Waals surface area contributed by atoms with E-state index in [1.165, 1.54) is 6.42 Å². The van der Waals surface area contributed by atoms with Crippen molar-refractivity contribution in [1.29, 1.82) is 0 Å². The van der Waals surface area contributed by atoms with Crippen molar-refractivity contribution in [3.05, 3.63) is 89.9 Å². The number of nitrogens with one attached hydrogen (secondary N) is 1. The van der Waals surface area contributed by atoms with E-state index >= 15 is 0 Å². The highest BCUT2D eigenvalue weighted by Gasteiger charge is 2.20. The Morgan fingerprint density at radius 1 is 0.903 bits per heavy atom. The predicted molar refractivity (Wildman–Crippen MR) is 120 cm³/mol. The molecule has 0 bridgehead atoms. The maximum Gasteiger partial charge on any atom is 0.322 e. The van der Waals surface area contributed by atoms with Gasteiger partial charge in [-0.2, -0.15) is 0 Å². The largest absolute Gasteiger partial charge is 0.467 e. The van der Waals surface area contributed by atoms with Crippen LogP contribution in [0.15, 0.2) is 77.4 Å². The normalized spacial score (nSPS) is 13.6. The molecule has 1 fully saturated rings. The number of urea groups is 1. The highest BCUT2D eigenvalue weighted by atomic mass is 16.3. The molecule has 1 aromatic heterocycles. The number of nitrogens with zero attached hydrogens (tertiary/aromatic N) is 2. The van der Waals surface area contributed by atoms with Gasteiger partial charge in [0, 0.05) is 30.9 Å². The number of carbonyl (C=O) groups excluding carboxylic acids is 2. The first-order valence-electron chi connectivity index (χ1n) is 10.7. The highest BCUT2D eigenvalue weighted by molar-refractivity contribution is 5.97. The van der Waals surface area contributed by atoms with Crippen molar-refractivity contribution < 1.29 is 14.0 Å². The van der Waals surface area contributed by atoms with Gasteiger partial charge in [-0.15, -0.1) is 0 Å². The molecule has 0 atom stereocenters. The van der Waals surface area contributed by atoms with Crippen LogP contribution in [0, 0.1) is 0 Å². The van der Waals surface area contributed by atoms with Gasteiger partial charge >= 0.3 is 6.03 Å². The molecule has 1 N–H and O–H groups in total. The van der Waals surface area contributed by atoms with Crippen molar-refractivity contribution in [3.63, 3.8) is 0 Å². The zero-order chi connectivity index (χ0) is 21.5. The first kappa shape index (κ1) is 20.7. The lowest BCUT2D eigenvalue weighted by Gasteiger charge is -2.27. The number of piperidine rings is 1. The van der Waals surface area contributed by atoms with Crippen molar-refractivity contribution in [2.24, 2.45) is 0 Å². The molecule has 31 heavy (non-hydrogen) atoms. The Labute approximate surface area is 182 Å². The summed E-state index contributed by atoms with van der Waals surface area (Å²) in [6, 6.07) is 20.4. The lowest BCUT2D eigenvalue weighted by molar-refractivity contribution is 0.0724. The summed E-state index contributed by atoms with van der Waals surface area (Å²) >= 11 is 0. The van der Waals surface area contributed by atoms with Crippen LogP contribution in [0.25, 0.3) is 0 Å². The molecule has 3 amide bonds. The summed E-state index contributed by atoms with van der Waals surface area (Å²) in [6.45, 7) is 2.38. The molecular formula is C25H27N3O3. The Morgan fingerprint density at radius 3 is 2.45 bits per heavy atom. The number of hydrogen-bond donors (Lipinski definition) is 1. The van der Waals surface area contributed by atoms with E-state index in [-0.39, 0.29) is 11.9 Å². The average Bonchev–Trinajstić information content (AvgIpc) is 3.33. The van der Waals surface area contributed by atoms with Gasteiger partial charge in [-0.1, -0.05) is 36.4 Å². The van der Waals surface area contributed by atoms with Gasteiger partial charge in [-0.25, -0.2) is 4.79 Å². The highest BCUT2D eigenvalue weighted by Crippen LogP contribution is 2.18. The van der Waals surface area contributed by atoms with Crippen molar-refractivity contribution in [3.8, 4) is 0 Å². The van der Waals surface area contributed by atoms with Crippen LogP contribution >= 0.6 is 0 Å². The van der Waals surface area contributed by atoms with E-state index in [1.807, 2.05) is 47.4 Å². The fraction of sp³-hybridized carbons (Fsp3) is 0.280. The van der Waals surface area contributed by atoms with E-state index in [0.29, 0.717) is 30.1 Å². The molecule has 3 aromatic rings. The maximum atomic E-state index is 13.1. The summed E-state index contributed by atoms with van der Waals surface area (Å²) < 4.78 is 5.45. The molecule has 1 saturated heterocycles.